The fourth-order valence-corrected chi connectivity index (χ4v) is 2.43. The van der Waals surface area contributed by atoms with E-state index in [9.17, 15) is 9.90 Å². The molecular formula is C13H19N3O2. The maximum atomic E-state index is 12.3. The highest BCUT2D eigenvalue weighted by Gasteiger charge is 2.24. The third-order valence-electron chi connectivity index (χ3n) is 3.27. The molecule has 2 heterocycles. The lowest BCUT2D eigenvalue weighted by Gasteiger charge is -2.32. The highest BCUT2D eigenvalue weighted by atomic mass is 16.3. The minimum atomic E-state index is -0.0424. The maximum absolute atomic E-state index is 12.3. The van der Waals surface area contributed by atoms with Crippen molar-refractivity contribution in [2.45, 2.75) is 12.8 Å². The summed E-state index contributed by atoms with van der Waals surface area (Å²) in [5.74, 6) is 0.502. The summed E-state index contributed by atoms with van der Waals surface area (Å²) < 4.78 is 0. The van der Waals surface area contributed by atoms with Crippen LogP contribution < -0.4 is 5.32 Å². The van der Waals surface area contributed by atoms with E-state index in [0.717, 1.165) is 32.5 Å². The quantitative estimate of drug-likeness (QED) is 0.834. The van der Waals surface area contributed by atoms with E-state index in [4.69, 9.17) is 0 Å². The molecule has 98 valence electrons. The molecule has 0 radical (unpaired) electrons. The molecule has 1 aliphatic rings. The van der Waals surface area contributed by atoms with Crippen LogP contribution in [0, 0.1) is 5.92 Å². The first-order valence-corrected chi connectivity index (χ1v) is 6.28. The van der Waals surface area contributed by atoms with Gasteiger partial charge in [-0.2, -0.15) is 0 Å². The standard InChI is InChI=1S/C13H19N3O2/c1-14-6-10-3-2-4-16(9-10)13(18)11-5-12(17)8-15-7-11/h5,7-8,10,14,17H,2-4,6,9H2,1H3. The molecule has 0 aliphatic carbocycles. The number of carbonyl (C=O) groups is 1. The molecule has 0 spiro atoms. The molecule has 1 atom stereocenters. The second-order valence-corrected chi connectivity index (χ2v) is 4.75. The Morgan fingerprint density at radius 1 is 1.61 bits per heavy atom. The molecule has 0 saturated carbocycles. The van der Waals surface area contributed by atoms with Crippen LogP contribution in [0.3, 0.4) is 0 Å². The van der Waals surface area contributed by atoms with E-state index in [-0.39, 0.29) is 11.7 Å². The zero-order chi connectivity index (χ0) is 13.0. The van der Waals surface area contributed by atoms with E-state index >= 15 is 0 Å². The third-order valence-corrected chi connectivity index (χ3v) is 3.27. The highest BCUT2D eigenvalue weighted by molar-refractivity contribution is 5.94. The number of amides is 1. The van der Waals surface area contributed by atoms with Gasteiger partial charge < -0.3 is 15.3 Å². The summed E-state index contributed by atoms with van der Waals surface area (Å²) in [6.45, 7) is 2.49. The molecule has 1 aliphatic heterocycles. The molecule has 1 unspecified atom stereocenters. The second kappa shape index (κ2) is 5.82. The van der Waals surface area contributed by atoms with Crippen LogP contribution in [0.25, 0.3) is 0 Å². The van der Waals surface area contributed by atoms with Crippen LogP contribution in [0.1, 0.15) is 23.2 Å². The highest BCUT2D eigenvalue weighted by Crippen LogP contribution is 2.19. The largest absolute Gasteiger partial charge is 0.506 e. The molecule has 2 rings (SSSR count). The number of carbonyl (C=O) groups excluding carboxylic acids is 1. The van der Waals surface area contributed by atoms with Crippen molar-refractivity contribution in [3.8, 4) is 5.75 Å². The molecule has 0 bridgehead atoms. The van der Waals surface area contributed by atoms with Gasteiger partial charge in [-0.1, -0.05) is 0 Å². The van der Waals surface area contributed by atoms with E-state index in [1.807, 2.05) is 11.9 Å². The zero-order valence-electron chi connectivity index (χ0n) is 10.6. The summed E-state index contributed by atoms with van der Waals surface area (Å²) in [5.41, 5.74) is 0.458. The van der Waals surface area contributed by atoms with Crippen LogP contribution in [0.5, 0.6) is 5.75 Å². The van der Waals surface area contributed by atoms with Crippen molar-refractivity contribution < 1.29 is 9.90 Å². The second-order valence-electron chi connectivity index (χ2n) is 4.75. The fraction of sp³-hybridized carbons (Fsp3) is 0.538. The number of nitrogens with one attached hydrogen (secondary N) is 1. The van der Waals surface area contributed by atoms with Gasteiger partial charge in [0.05, 0.1) is 11.8 Å². The van der Waals surface area contributed by atoms with Crippen LogP contribution in [0.15, 0.2) is 18.5 Å². The van der Waals surface area contributed by atoms with Crippen molar-refractivity contribution in [1.82, 2.24) is 15.2 Å². The minimum Gasteiger partial charge on any atom is -0.506 e. The van der Waals surface area contributed by atoms with Crippen molar-refractivity contribution in [3.63, 3.8) is 0 Å². The van der Waals surface area contributed by atoms with Crippen molar-refractivity contribution in [2.24, 2.45) is 5.92 Å². The van der Waals surface area contributed by atoms with Crippen LogP contribution in [0.4, 0.5) is 0 Å². The Bertz CT molecular complexity index is 420. The molecule has 1 saturated heterocycles. The Balaban J connectivity index is 2.04. The summed E-state index contributed by atoms with van der Waals surface area (Å²) in [7, 11) is 1.93. The van der Waals surface area contributed by atoms with Crippen molar-refractivity contribution in [3.05, 3.63) is 24.0 Å². The van der Waals surface area contributed by atoms with E-state index in [2.05, 4.69) is 10.3 Å². The van der Waals surface area contributed by atoms with Gasteiger partial charge in [0.2, 0.25) is 0 Å². The lowest BCUT2D eigenvalue weighted by atomic mass is 9.97. The molecule has 0 aromatic carbocycles. The summed E-state index contributed by atoms with van der Waals surface area (Å²) in [6, 6.07) is 1.47. The van der Waals surface area contributed by atoms with Gasteiger partial charge >= 0.3 is 0 Å². The van der Waals surface area contributed by atoms with Gasteiger partial charge in [0, 0.05) is 19.3 Å². The summed E-state index contributed by atoms with van der Waals surface area (Å²) >= 11 is 0. The molecular weight excluding hydrogens is 230 g/mol. The topological polar surface area (TPSA) is 65.5 Å². The molecule has 1 aromatic rings. The van der Waals surface area contributed by atoms with Crippen LogP contribution >= 0.6 is 0 Å². The Kier molecular flexibility index (Phi) is 4.15. The number of hydrogen-bond acceptors (Lipinski definition) is 4. The summed E-state index contributed by atoms with van der Waals surface area (Å²) in [5, 5.41) is 12.5. The first kappa shape index (κ1) is 12.8. The van der Waals surface area contributed by atoms with E-state index in [0.29, 0.717) is 11.5 Å². The van der Waals surface area contributed by atoms with Crippen molar-refractivity contribution >= 4 is 5.91 Å². The molecule has 2 N–H and O–H groups in total. The maximum Gasteiger partial charge on any atom is 0.255 e. The van der Waals surface area contributed by atoms with E-state index < -0.39 is 0 Å². The number of pyridine rings is 1. The summed E-state index contributed by atoms with van der Waals surface area (Å²) in [6.07, 6.45) is 5.02. The third kappa shape index (κ3) is 2.98. The smallest absolute Gasteiger partial charge is 0.255 e. The van der Waals surface area contributed by atoms with E-state index in [1.54, 1.807) is 0 Å². The van der Waals surface area contributed by atoms with Gasteiger partial charge in [0.1, 0.15) is 5.75 Å². The van der Waals surface area contributed by atoms with Crippen LogP contribution in [-0.4, -0.2) is 47.6 Å². The Morgan fingerprint density at radius 3 is 3.17 bits per heavy atom. The van der Waals surface area contributed by atoms with E-state index in [1.165, 1.54) is 18.5 Å². The first-order valence-electron chi connectivity index (χ1n) is 6.28. The van der Waals surface area contributed by atoms with Crippen molar-refractivity contribution in [1.29, 1.82) is 0 Å². The predicted molar refractivity (Wildman–Crippen MR) is 68.5 cm³/mol. The molecule has 5 heteroatoms. The average Bonchev–Trinajstić information content (AvgIpc) is 2.39. The Morgan fingerprint density at radius 2 is 2.44 bits per heavy atom. The number of hydrogen-bond donors (Lipinski definition) is 2. The number of rotatable bonds is 3. The Hall–Kier alpha value is -1.62. The van der Waals surface area contributed by atoms with Gasteiger partial charge in [0.15, 0.2) is 0 Å². The molecule has 5 nitrogen and oxygen atoms in total. The Labute approximate surface area is 107 Å². The SMILES string of the molecule is CNCC1CCCN(C(=O)c2cncc(O)c2)C1. The van der Waals surface area contributed by atoms with Gasteiger partial charge in [-0.05, 0) is 38.4 Å². The normalized spacial score (nSPS) is 19.8. The fourth-order valence-electron chi connectivity index (χ4n) is 2.43. The van der Waals surface area contributed by atoms with Crippen LogP contribution in [-0.2, 0) is 0 Å². The lowest BCUT2D eigenvalue weighted by molar-refractivity contribution is 0.0673. The number of aromatic nitrogens is 1. The van der Waals surface area contributed by atoms with Gasteiger partial charge in [-0.15, -0.1) is 0 Å². The molecule has 1 fully saturated rings. The van der Waals surface area contributed by atoms with Gasteiger partial charge in [-0.25, -0.2) is 0 Å². The average molecular weight is 249 g/mol. The molecule has 18 heavy (non-hydrogen) atoms. The van der Waals surface area contributed by atoms with Gasteiger partial charge in [0.25, 0.3) is 5.91 Å². The molecule has 1 amide bonds. The first-order chi connectivity index (χ1) is 8.70. The minimum absolute atomic E-state index is 0.0321. The number of piperidine rings is 1. The molecule has 1 aromatic heterocycles. The van der Waals surface area contributed by atoms with Gasteiger partial charge in [-0.3, -0.25) is 9.78 Å². The monoisotopic (exact) mass is 249 g/mol. The number of aromatic hydroxyl groups is 1. The zero-order valence-corrected chi connectivity index (χ0v) is 10.6. The van der Waals surface area contributed by atoms with Crippen LogP contribution in [0.2, 0.25) is 0 Å². The number of nitrogens with zero attached hydrogens (tertiary/aromatic N) is 2. The number of likely N-dealkylation sites (tertiary alicyclic amines) is 1. The lowest BCUT2D eigenvalue weighted by Crippen LogP contribution is -2.42. The predicted octanol–water partition coefficient (Wildman–Crippen LogP) is 0.859. The summed E-state index contributed by atoms with van der Waals surface area (Å²) in [4.78, 5) is 18.0. The van der Waals surface area contributed by atoms with Crippen molar-refractivity contribution in [2.75, 3.05) is 26.7 Å².